The molecule has 1 N–H and O–H groups in total. The van der Waals surface area contributed by atoms with Crippen molar-refractivity contribution in [3.8, 4) is 11.9 Å². The Hall–Kier alpha value is -1.74. The number of ether oxygens (including phenoxy) is 1. The van der Waals surface area contributed by atoms with Crippen molar-refractivity contribution in [3.63, 3.8) is 0 Å². The Labute approximate surface area is 144 Å². The first-order valence-electron chi connectivity index (χ1n) is 7.94. The molecule has 6 heteroatoms. The maximum Gasteiger partial charge on any atom is 0.251 e. The number of rotatable bonds is 4. The second kappa shape index (κ2) is 6.40. The van der Waals surface area contributed by atoms with E-state index in [4.69, 9.17) is 4.74 Å². The molecule has 1 aromatic rings. The molecule has 5 nitrogen and oxygen atoms in total. The Kier molecular flexibility index (Phi) is 4.49. The van der Waals surface area contributed by atoms with Gasteiger partial charge in [0.1, 0.15) is 5.75 Å². The number of amides is 1. The van der Waals surface area contributed by atoms with E-state index in [1.54, 1.807) is 12.1 Å². The summed E-state index contributed by atoms with van der Waals surface area (Å²) in [5, 5.41) is 12.3. The predicted octanol–water partition coefficient (Wildman–Crippen LogP) is 3.05. The molecule has 0 unspecified atom stereocenters. The van der Waals surface area contributed by atoms with Crippen LogP contribution in [0.4, 0.5) is 0 Å². The zero-order valence-electron chi connectivity index (χ0n) is 13.3. The zero-order valence-corrected chi connectivity index (χ0v) is 14.8. The summed E-state index contributed by atoms with van der Waals surface area (Å²) in [4.78, 5) is 14.4. The van der Waals surface area contributed by atoms with Crippen molar-refractivity contribution >= 4 is 21.8 Å². The lowest BCUT2D eigenvalue weighted by atomic mass is 9.95. The summed E-state index contributed by atoms with van der Waals surface area (Å²) in [7, 11) is 0. The van der Waals surface area contributed by atoms with Crippen LogP contribution in [-0.2, 0) is 0 Å². The van der Waals surface area contributed by atoms with Gasteiger partial charge in [-0.05, 0) is 67.2 Å². The minimum absolute atomic E-state index is 0.0411. The Morgan fingerprint density at radius 2 is 2.26 bits per heavy atom. The molecule has 0 aliphatic carbocycles. The number of hydrogen-bond acceptors (Lipinski definition) is 4. The first kappa shape index (κ1) is 16.1. The fraction of sp³-hybridized carbons (Fsp3) is 0.529. The molecule has 0 saturated carbocycles. The van der Waals surface area contributed by atoms with E-state index < -0.39 is 0 Å². The number of halogens is 1. The average molecular weight is 378 g/mol. The number of nitriles is 1. The van der Waals surface area contributed by atoms with Crippen molar-refractivity contribution in [1.29, 1.82) is 5.26 Å². The Morgan fingerprint density at radius 3 is 2.91 bits per heavy atom. The first-order valence-corrected chi connectivity index (χ1v) is 8.74. The van der Waals surface area contributed by atoms with Crippen molar-refractivity contribution in [2.75, 3.05) is 0 Å². The van der Waals surface area contributed by atoms with Gasteiger partial charge in [-0.3, -0.25) is 4.79 Å². The number of carbonyl (C=O) groups excluding carboxylic acids is 1. The molecule has 1 amide bonds. The largest absolute Gasteiger partial charge is 0.490 e. The van der Waals surface area contributed by atoms with Gasteiger partial charge in [0.15, 0.2) is 6.19 Å². The third kappa shape index (κ3) is 3.16. The summed E-state index contributed by atoms with van der Waals surface area (Å²) in [6, 6.07) is 5.86. The number of benzene rings is 1. The van der Waals surface area contributed by atoms with Crippen molar-refractivity contribution in [2.24, 2.45) is 0 Å². The fourth-order valence-corrected chi connectivity index (χ4v) is 3.88. The van der Waals surface area contributed by atoms with Crippen LogP contribution in [0.3, 0.4) is 0 Å². The summed E-state index contributed by atoms with van der Waals surface area (Å²) in [5.74, 6) is 0.556. The van der Waals surface area contributed by atoms with Gasteiger partial charge in [0.05, 0.1) is 22.7 Å². The Bertz CT molecular complexity index is 656. The van der Waals surface area contributed by atoms with E-state index in [1.807, 2.05) is 24.8 Å². The molecule has 2 bridgehead atoms. The van der Waals surface area contributed by atoms with E-state index in [0.29, 0.717) is 17.4 Å². The maximum absolute atomic E-state index is 12.5. The van der Waals surface area contributed by atoms with Crippen LogP contribution in [-0.4, -0.2) is 35.0 Å². The van der Waals surface area contributed by atoms with Gasteiger partial charge < -0.3 is 15.0 Å². The summed E-state index contributed by atoms with van der Waals surface area (Å²) < 4.78 is 6.54. The summed E-state index contributed by atoms with van der Waals surface area (Å²) in [6.07, 6.45) is 5.19. The second-order valence-electron chi connectivity index (χ2n) is 6.43. The zero-order chi connectivity index (χ0) is 16.6. The molecule has 0 spiro atoms. The van der Waals surface area contributed by atoms with Crippen molar-refractivity contribution < 1.29 is 9.53 Å². The monoisotopic (exact) mass is 377 g/mol. The van der Waals surface area contributed by atoms with Gasteiger partial charge in [0.25, 0.3) is 5.91 Å². The van der Waals surface area contributed by atoms with Gasteiger partial charge in [-0.2, -0.15) is 5.26 Å². The van der Waals surface area contributed by atoms with Crippen LogP contribution < -0.4 is 10.1 Å². The molecule has 0 aromatic heterocycles. The van der Waals surface area contributed by atoms with Gasteiger partial charge in [-0.15, -0.1) is 0 Å². The van der Waals surface area contributed by atoms with Gasteiger partial charge in [0.2, 0.25) is 0 Å². The lowest BCUT2D eigenvalue weighted by molar-refractivity contribution is 0.0927. The fourth-order valence-electron chi connectivity index (χ4n) is 3.54. The third-order valence-corrected chi connectivity index (χ3v) is 5.18. The molecule has 3 atom stereocenters. The smallest absolute Gasteiger partial charge is 0.251 e. The second-order valence-corrected chi connectivity index (χ2v) is 7.29. The van der Waals surface area contributed by atoms with E-state index in [9.17, 15) is 10.1 Å². The van der Waals surface area contributed by atoms with Gasteiger partial charge >= 0.3 is 0 Å². The van der Waals surface area contributed by atoms with Crippen LogP contribution in [0.2, 0.25) is 0 Å². The quantitative estimate of drug-likeness (QED) is 0.818. The highest BCUT2D eigenvalue weighted by atomic mass is 79.9. The molecule has 2 aliphatic rings. The standard InChI is InChI=1S/C17H20BrN3O2/c1-10(2)23-16-7-11(3-5-13(16)18)17(22)20-14-8-12-4-6-15(14)21(12)9-19/h3,5,7,10,12,14-15H,4,6,8H2,1-2H3,(H,20,22)/t12-,14+,15+/m0/s1. The van der Waals surface area contributed by atoms with Crippen molar-refractivity contribution in [1.82, 2.24) is 10.2 Å². The van der Waals surface area contributed by atoms with Gasteiger partial charge in [-0.1, -0.05) is 0 Å². The third-order valence-electron chi connectivity index (χ3n) is 4.52. The van der Waals surface area contributed by atoms with Crippen LogP contribution in [0.25, 0.3) is 0 Å². The first-order chi connectivity index (χ1) is 11.0. The highest BCUT2D eigenvalue weighted by Crippen LogP contribution is 2.37. The molecule has 2 saturated heterocycles. The summed E-state index contributed by atoms with van der Waals surface area (Å²) in [6.45, 7) is 3.90. The topological polar surface area (TPSA) is 65.4 Å². The Morgan fingerprint density at radius 1 is 1.48 bits per heavy atom. The average Bonchev–Trinajstić information content (AvgIpc) is 3.05. The number of hydrogen-bond donors (Lipinski definition) is 1. The van der Waals surface area contributed by atoms with Crippen LogP contribution in [0.15, 0.2) is 22.7 Å². The van der Waals surface area contributed by atoms with Crippen LogP contribution in [0.1, 0.15) is 43.5 Å². The van der Waals surface area contributed by atoms with E-state index in [2.05, 4.69) is 27.4 Å². The predicted molar refractivity (Wildman–Crippen MR) is 90.0 cm³/mol. The molecular formula is C17H20BrN3O2. The molecular weight excluding hydrogens is 358 g/mol. The van der Waals surface area contributed by atoms with Crippen LogP contribution in [0.5, 0.6) is 5.75 Å². The maximum atomic E-state index is 12.5. The van der Waals surface area contributed by atoms with E-state index in [0.717, 1.165) is 23.7 Å². The molecule has 0 radical (unpaired) electrons. The number of fused-ring (bicyclic) bond motifs is 2. The van der Waals surface area contributed by atoms with Crippen molar-refractivity contribution in [3.05, 3.63) is 28.2 Å². The van der Waals surface area contributed by atoms with E-state index in [1.165, 1.54) is 0 Å². The number of nitrogens with one attached hydrogen (secondary N) is 1. The van der Waals surface area contributed by atoms with Crippen LogP contribution in [0, 0.1) is 11.5 Å². The highest BCUT2D eigenvalue weighted by Gasteiger charge is 2.46. The minimum Gasteiger partial charge on any atom is -0.490 e. The van der Waals surface area contributed by atoms with Gasteiger partial charge in [0, 0.05) is 11.6 Å². The molecule has 3 rings (SSSR count). The summed E-state index contributed by atoms with van der Waals surface area (Å²) in [5.41, 5.74) is 0.579. The summed E-state index contributed by atoms with van der Waals surface area (Å²) >= 11 is 3.44. The number of nitrogens with zero attached hydrogens (tertiary/aromatic N) is 2. The molecule has 2 heterocycles. The van der Waals surface area contributed by atoms with Crippen molar-refractivity contribution in [2.45, 2.75) is 57.3 Å². The lowest BCUT2D eigenvalue weighted by Crippen LogP contribution is -2.43. The Balaban J connectivity index is 1.71. The van der Waals surface area contributed by atoms with E-state index in [-0.39, 0.29) is 24.1 Å². The van der Waals surface area contributed by atoms with Gasteiger partial charge in [-0.25, -0.2) is 0 Å². The normalized spacial score (nSPS) is 25.5. The lowest BCUT2D eigenvalue weighted by Gasteiger charge is -2.22. The molecule has 23 heavy (non-hydrogen) atoms. The van der Waals surface area contributed by atoms with E-state index >= 15 is 0 Å². The highest BCUT2D eigenvalue weighted by molar-refractivity contribution is 9.10. The molecule has 122 valence electrons. The number of carbonyl (C=O) groups is 1. The molecule has 2 aliphatic heterocycles. The SMILES string of the molecule is CC(C)Oc1cc(C(=O)N[C@@H]2C[C@@H]3CC[C@H]2N3C#N)ccc1Br. The molecule has 2 fully saturated rings. The van der Waals surface area contributed by atoms with Crippen LogP contribution >= 0.6 is 15.9 Å². The minimum atomic E-state index is -0.110. The molecule has 1 aromatic carbocycles.